The van der Waals surface area contributed by atoms with Crippen LogP contribution in [0.1, 0.15) is 0 Å². The Kier molecular flexibility index (Phi) is 9.84. The zero-order valence-corrected chi connectivity index (χ0v) is 32.5. The van der Waals surface area contributed by atoms with E-state index in [4.69, 9.17) is 19.9 Å². The molecule has 0 fully saturated rings. The molecule has 0 bridgehead atoms. The Hall–Kier alpha value is -8.22. The average molecular weight is 769 g/mol. The minimum Gasteiger partial charge on any atom is -0.255 e. The van der Waals surface area contributed by atoms with Gasteiger partial charge >= 0.3 is 0 Å². The van der Waals surface area contributed by atoms with Crippen LogP contribution in [-0.2, 0) is 0 Å². The summed E-state index contributed by atoms with van der Waals surface area (Å²) in [5, 5.41) is 0. The monoisotopic (exact) mass is 768 g/mol. The molecular weight excluding hydrogens is 733 g/mol. The minimum atomic E-state index is 0.605. The van der Waals surface area contributed by atoms with E-state index in [1.54, 1.807) is 12.4 Å². The van der Waals surface area contributed by atoms with Crippen molar-refractivity contribution in [2.75, 3.05) is 0 Å². The van der Waals surface area contributed by atoms with Gasteiger partial charge in [0.25, 0.3) is 0 Å². The van der Waals surface area contributed by atoms with Crippen molar-refractivity contribution in [1.29, 1.82) is 0 Å². The van der Waals surface area contributed by atoms with E-state index in [-0.39, 0.29) is 0 Å². The predicted molar refractivity (Wildman–Crippen MR) is 242 cm³/mol. The Balaban J connectivity index is 1.00. The fourth-order valence-corrected chi connectivity index (χ4v) is 7.33. The predicted octanol–water partition coefficient (Wildman–Crippen LogP) is 13.1. The molecule has 0 aliphatic carbocycles. The second kappa shape index (κ2) is 16.3. The zero-order valence-electron chi connectivity index (χ0n) is 32.5. The second-order valence-corrected chi connectivity index (χ2v) is 14.4. The maximum atomic E-state index is 5.08. The van der Waals surface area contributed by atoms with E-state index in [1.807, 2.05) is 48.5 Å². The molecular formula is C54H36N6. The van der Waals surface area contributed by atoms with E-state index in [1.165, 1.54) is 0 Å². The van der Waals surface area contributed by atoms with E-state index < -0.39 is 0 Å². The van der Waals surface area contributed by atoms with Crippen molar-refractivity contribution in [1.82, 2.24) is 29.9 Å². The highest BCUT2D eigenvalue weighted by molar-refractivity contribution is 5.79. The molecule has 0 unspecified atom stereocenters. The summed E-state index contributed by atoms with van der Waals surface area (Å²) >= 11 is 0. The summed E-state index contributed by atoms with van der Waals surface area (Å²) in [5.74, 6) is 1.83. The maximum absolute atomic E-state index is 5.08. The van der Waals surface area contributed by atoms with Gasteiger partial charge in [-0.25, -0.2) is 19.9 Å². The number of hydrogen-bond donors (Lipinski definition) is 0. The van der Waals surface area contributed by atoms with E-state index in [0.29, 0.717) is 17.5 Å². The first-order valence-corrected chi connectivity index (χ1v) is 19.8. The van der Waals surface area contributed by atoms with Crippen molar-refractivity contribution in [2.24, 2.45) is 0 Å². The highest BCUT2D eigenvalue weighted by Gasteiger charge is 2.15. The van der Waals surface area contributed by atoms with Crippen LogP contribution in [0.2, 0.25) is 0 Å². The molecule has 0 atom stereocenters. The standard InChI is InChI=1S/C54H36N6/c1-3-12-37(13-4-1)39-24-28-43(29-25-39)52-58-53(44-30-26-40(27-31-44)38-14-5-2-6-15-38)60-54(59-52)46-17-11-16-45(34-46)41-20-22-42(23-21-41)47-35-50(48-18-7-9-32-55-48)57-51(36-47)49-19-8-10-33-56-49/h1-36H. The van der Waals surface area contributed by atoms with E-state index in [2.05, 4.69) is 168 Å². The van der Waals surface area contributed by atoms with Gasteiger partial charge in [0.15, 0.2) is 17.5 Å². The number of aromatic nitrogens is 6. The van der Waals surface area contributed by atoms with Crippen LogP contribution in [0.15, 0.2) is 219 Å². The minimum absolute atomic E-state index is 0.605. The fourth-order valence-electron chi connectivity index (χ4n) is 7.33. The van der Waals surface area contributed by atoms with Crippen molar-refractivity contribution in [3.05, 3.63) is 219 Å². The molecule has 0 saturated carbocycles. The molecule has 6 nitrogen and oxygen atoms in total. The molecule has 0 radical (unpaired) electrons. The third kappa shape index (κ3) is 7.73. The molecule has 0 aliphatic heterocycles. The topological polar surface area (TPSA) is 77.3 Å². The Labute approximate surface area is 348 Å². The number of pyridine rings is 3. The molecule has 10 aromatic rings. The Morgan fingerprint density at radius 1 is 0.200 bits per heavy atom. The molecule has 0 N–H and O–H groups in total. The molecule has 0 amide bonds. The van der Waals surface area contributed by atoms with Crippen LogP contribution in [0, 0.1) is 0 Å². The Morgan fingerprint density at radius 2 is 0.550 bits per heavy atom. The summed E-state index contributed by atoms with van der Waals surface area (Å²) in [5.41, 5.74) is 14.8. The van der Waals surface area contributed by atoms with Crippen LogP contribution in [0.4, 0.5) is 0 Å². The van der Waals surface area contributed by atoms with Gasteiger partial charge in [-0.1, -0.05) is 164 Å². The van der Waals surface area contributed by atoms with Crippen LogP contribution >= 0.6 is 0 Å². The smallest absolute Gasteiger partial charge is 0.164 e. The SMILES string of the molecule is c1ccc(-c2ccc(-c3nc(-c4ccc(-c5ccccc5)cc4)nc(-c4cccc(-c5ccc(-c6cc(-c7ccccn7)nc(-c7ccccn7)c6)cc5)c4)n3)cc2)cc1. The van der Waals surface area contributed by atoms with Gasteiger partial charge in [-0.2, -0.15) is 0 Å². The molecule has 282 valence electrons. The molecule has 4 heterocycles. The van der Waals surface area contributed by atoms with Gasteiger partial charge in [0.1, 0.15) is 0 Å². The lowest BCUT2D eigenvalue weighted by Crippen LogP contribution is -2.00. The van der Waals surface area contributed by atoms with Gasteiger partial charge in [0.05, 0.1) is 22.8 Å². The molecule has 0 aliphatic rings. The van der Waals surface area contributed by atoms with Crippen molar-refractivity contribution in [3.63, 3.8) is 0 Å². The van der Waals surface area contributed by atoms with Crippen LogP contribution in [0.3, 0.4) is 0 Å². The Bertz CT molecular complexity index is 2870. The third-order valence-corrected chi connectivity index (χ3v) is 10.5. The summed E-state index contributed by atoms with van der Waals surface area (Å²) < 4.78 is 0. The number of nitrogens with zero attached hydrogens (tertiary/aromatic N) is 6. The van der Waals surface area contributed by atoms with E-state index >= 15 is 0 Å². The number of benzene rings is 6. The summed E-state index contributed by atoms with van der Waals surface area (Å²) in [6.07, 6.45) is 3.58. The number of rotatable bonds is 9. The van der Waals surface area contributed by atoms with Crippen LogP contribution < -0.4 is 0 Å². The van der Waals surface area contributed by atoms with Crippen molar-refractivity contribution < 1.29 is 0 Å². The lowest BCUT2D eigenvalue weighted by Gasteiger charge is -2.11. The first kappa shape index (κ1) is 36.1. The molecule has 4 aromatic heterocycles. The summed E-state index contributed by atoms with van der Waals surface area (Å²) in [4.78, 5) is 29.3. The lowest BCUT2D eigenvalue weighted by molar-refractivity contribution is 1.07. The average Bonchev–Trinajstić information content (AvgIpc) is 3.35. The molecule has 0 saturated heterocycles. The van der Waals surface area contributed by atoms with Crippen LogP contribution in [0.25, 0.3) is 101 Å². The van der Waals surface area contributed by atoms with Crippen LogP contribution in [0.5, 0.6) is 0 Å². The highest BCUT2D eigenvalue weighted by atomic mass is 15.0. The number of hydrogen-bond acceptors (Lipinski definition) is 6. The largest absolute Gasteiger partial charge is 0.255 e. The molecule has 6 heteroatoms. The van der Waals surface area contributed by atoms with Crippen LogP contribution in [-0.4, -0.2) is 29.9 Å². The summed E-state index contributed by atoms with van der Waals surface area (Å²) in [6.45, 7) is 0. The molecule has 0 spiro atoms. The first-order valence-electron chi connectivity index (χ1n) is 19.8. The second-order valence-electron chi connectivity index (χ2n) is 14.4. The van der Waals surface area contributed by atoms with Gasteiger partial charge in [0.2, 0.25) is 0 Å². The fraction of sp³-hybridized carbons (Fsp3) is 0. The van der Waals surface area contributed by atoms with E-state index in [9.17, 15) is 0 Å². The van der Waals surface area contributed by atoms with Crippen molar-refractivity contribution in [2.45, 2.75) is 0 Å². The van der Waals surface area contributed by atoms with Gasteiger partial charge in [0, 0.05) is 29.1 Å². The Morgan fingerprint density at radius 3 is 1.00 bits per heavy atom. The zero-order chi connectivity index (χ0) is 40.1. The van der Waals surface area contributed by atoms with Gasteiger partial charge < -0.3 is 0 Å². The van der Waals surface area contributed by atoms with Crippen molar-refractivity contribution >= 4 is 0 Å². The summed E-state index contributed by atoms with van der Waals surface area (Å²) in [6, 6.07) is 70.5. The lowest BCUT2D eigenvalue weighted by atomic mass is 9.98. The molecule has 60 heavy (non-hydrogen) atoms. The molecule has 10 rings (SSSR count). The first-order chi connectivity index (χ1) is 29.7. The van der Waals surface area contributed by atoms with Gasteiger partial charge in [-0.05, 0) is 87.0 Å². The third-order valence-electron chi connectivity index (χ3n) is 10.5. The quantitative estimate of drug-likeness (QED) is 0.145. The van der Waals surface area contributed by atoms with Gasteiger partial charge in [-0.15, -0.1) is 0 Å². The summed E-state index contributed by atoms with van der Waals surface area (Å²) in [7, 11) is 0. The van der Waals surface area contributed by atoms with E-state index in [0.717, 1.165) is 84.0 Å². The normalized spacial score (nSPS) is 11.0. The van der Waals surface area contributed by atoms with Gasteiger partial charge in [-0.3, -0.25) is 9.97 Å². The highest BCUT2D eigenvalue weighted by Crippen LogP contribution is 2.33. The van der Waals surface area contributed by atoms with Crippen molar-refractivity contribution in [3.8, 4) is 101 Å². The molecule has 6 aromatic carbocycles. The maximum Gasteiger partial charge on any atom is 0.164 e.